The van der Waals surface area contributed by atoms with Crippen LogP contribution in [0.15, 0.2) is 22.8 Å². The van der Waals surface area contributed by atoms with Crippen LogP contribution < -0.4 is 0 Å². The van der Waals surface area contributed by atoms with Crippen LogP contribution in [0, 0.1) is 0 Å². The second kappa shape index (κ2) is 8.32. The number of methoxy groups -OCH3 is 1. The van der Waals surface area contributed by atoms with Crippen molar-refractivity contribution in [2.24, 2.45) is 0 Å². The summed E-state index contributed by atoms with van der Waals surface area (Å²) in [5, 5.41) is 0. The summed E-state index contributed by atoms with van der Waals surface area (Å²) in [4.78, 5) is 13.9. The van der Waals surface area contributed by atoms with E-state index in [2.05, 4.69) is 15.9 Å². The fourth-order valence-electron chi connectivity index (χ4n) is 1.63. The second-order valence-corrected chi connectivity index (χ2v) is 5.17. The summed E-state index contributed by atoms with van der Waals surface area (Å²) < 4.78 is 10.3. The second-order valence-electron chi connectivity index (χ2n) is 4.06. The van der Waals surface area contributed by atoms with Gasteiger partial charge >= 0.3 is 0 Å². The summed E-state index contributed by atoms with van der Waals surface area (Å²) in [6.07, 6.45) is 3.22. The fourth-order valence-corrected chi connectivity index (χ4v) is 1.92. The number of hydrogen-bond acceptors (Lipinski definition) is 3. The average Bonchev–Trinajstić information content (AvgIpc) is 2.89. The van der Waals surface area contributed by atoms with Gasteiger partial charge < -0.3 is 14.1 Å². The van der Waals surface area contributed by atoms with Crippen LogP contribution >= 0.6 is 15.9 Å². The zero-order chi connectivity index (χ0) is 13.4. The van der Waals surface area contributed by atoms with Gasteiger partial charge in [-0.1, -0.05) is 22.9 Å². The van der Waals surface area contributed by atoms with Crippen molar-refractivity contribution in [1.82, 2.24) is 4.90 Å². The summed E-state index contributed by atoms with van der Waals surface area (Å²) in [5.41, 5.74) is 0. The lowest BCUT2D eigenvalue weighted by molar-refractivity contribution is -0.131. The van der Waals surface area contributed by atoms with Crippen LogP contribution in [0.1, 0.15) is 25.5 Å². The van der Waals surface area contributed by atoms with E-state index < -0.39 is 0 Å². The van der Waals surface area contributed by atoms with Crippen molar-refractivity contribution in [3.05, 3.63) is 24.2 Å². The number of hydrogen-bond donors (Lipinski definition) is 0. The molecule has 1 amide bonds. The van der Waals surface area contributed by atoms with Gasteiger partial charge in [-0.3, -0.25) is 4.79 Å². The Balaban J connectivity index is 2.59. The van der Waals surface area contributed by atoms with E-state index in [1.54, 1.807) is 18.3 Å². The Kier molecular flexibility index (Phi) is 7.05. The average molecular weight is 318 g/mol. The Bertz CT molecular complexity index is 340. The molecule has 5 heteroatoms. The van der Waals surface area contributed by atoms with Crippen LogP contribution in [0.4, 0.5) is 0 Å². The van der Waals surface area contributed by atoms with E-state index in [0.717, 1.165) is 18.6 Å². The summed E-state index contributed by atoms with van der Waals surface area (Å²) in [6, 6.07) is 3.71. The minimum Gasteiger partial charge on any atom is -0.467 e. The molecule has 0 bridgehead atoms. The molecule has 1 rings (SSSR count). The number of amides is 1. The maximum Gasteiger partial charge on any atom is 0.236 e. The van der Waals surface area contributed by atoms with E-state index >= 15 is 0 Å². The molecule has 0 aliphatic heterocycles. The van der Waals surface area contributed by atoms with Crippen LogP contribution in [0.2, 0.25) is 0 Å². The van der Waals surface area contributed by atoms with Crippen molar-refractivity contribution in [2.75, 3.05) is 20.3 Å². The lowest BCUT2D eigenvalue weighted by Gasteiger charge is -2.23. The largest absolute Gasteiger partial charge is 0.467 e. The van der Waals surface area contributed by atoms with Gasteiger partial charge in [0.05, 0.1) is 17.6 Å². The van der Waals surface area contributed by atoms with Gasteiger partial charge in [0.25, 0.3) is 0 Å². The molecule has 0 aliphatic carbocycles. The zero-order valence-electron chi connectivity index (χ0n) is 10.9. The van der Waals surface area contributed by atoms with Crippen molar-refractivity contribution in [3.8, 4) is 0 Å². The third kappa shape index (κ3) is 4.82. The highest BCUT2D eigenvalue weighted by Gasteiger charge is 2.21. The molecule has 0 fully saturated rings. The van der Waals surface area contributed by atoms with Crippen molar-refractivity contribution in [1.29, 1.82) is 0 Å². The number of rotatable bonds is 8. The molecular weight excluding hydrogens is 298 g/mol. The van der Waals surface area contributed by atoms with E-state index in [9.17, 15) is 4.79 Å². The van der Waals surface area contributed by atoms with E-state index in [1.807, 2.05) is 19.1 Å². The molecule has 102 valence electrons. The number of furan rings is 1. The third-order valence-corrected chi connectivity index (χ3v) is 3.68. The Hall–Kier alpha value is -0.810. The quantitative estimate of drug-likeness (QED) is 0.547. The molecule has 1 aromatic rings. The van der Waals surface area contributed by atoms with E-state index in [-0.39, 0.29) is 10.7 Å². The zero-order valence-corrected chi connectivity index (χ0v) is 12.5. The molecule has 1 heterocycles. The third-order valence-electron chi connectivity index (χ3n) is 2.64. The molecule has 0 saturated carbocycles. The first kappa shape index (κ1) is 15.2. The summed E-state index contributed by atoms with van der Waals surface area (Å²) in [7, 11) is 1.66. The Labute approximate surface area is 116 Å². The molecule has 1 atom stereocenters. The lowest BCUT2D eigenvalue weighted by atomic mass is 10.2. The predicted molar refractivity (Wildman–Crippen MR) is 73.6 cm³/mol. The first-order valence-electron chi connectivity index (χ1n) is 6.13. The molecule has 0 spiro atoms. The van der Waals surface area contributed by atoms with Crippen molar-refractivity contribution in [2.45, 2.75) is 31.1 Å². The fraction of sp³-hybridized carbons (Fsp3) is 0.615. The molecular formula is C13H20BrNO3. The number of carbonyl (C=O) groups is 1. The highest BCUT2D eigenvalue weighted by atomic mass is 79.9. The van der Waals surface area contributed by atoms with Gasteiger partial charge in [-0.25, -0.2) is 0 Å². The Morgan fingerprint density at radius 1 is 1.61 bits per heavy atom. The number of nitrogens with zero attached hydrogens (tertiary/aromatic N) is 1. The Morgan fingerprint density at radius 3 is 2.94 bits per heavy atom. The van der Waals surface area contributed by atoms with Gasteiger partial charge in [-0.2, -0.15) is 0 Å². The smallest absolute Gasteiger partial charge is 0.236 e. The molecule has 0 saturated heterocycles. The van der Waals surface area contributed by atoms with Crippen molar-refractivity contribution < 1.29 is 13.9 Å². The molecule has 0 radical (unpaired) electrons. The van der Waals surface area contributed by atoms with Crippen LogP contribution in [-0.4, -0.2) is 35.9 Å². The van der Waals surface area contributed by atoms with E-state index in [1.165, 1.54) is 0 Å². The molecule has 0 N–H and O–H groups in total. The van der Waals surface area contributed by atoms with Crippen molar-refractivity contribution in [3.63, 3.8) is 0 Å². The van der Waals surface area contributed by atoms with E-state index in [4.69, 9.17) is 9.15 Å². The summed E-state index contributed by atoms with van der Waals surface area (Å²) in [6.45, 7) is 3.83. The lowest BCUT2D eigenvalue weighted by Crippen LogP contribution is -2.37. The van der Waals surface area contributed by atoms with Gasteiger partial charge in [-0.15, -0.1) is 0 Å². The topological polar surface area (TPSA) is 42.7 Å². The molecule has 18 heavy (non-hydrogen) atoms. The molecule has 1 aromatic heterocycles. The number of ether oxygens (including phenoxy) is 1. The molecule has 1 unspecified atom stereocenters. The summed E-state index contributed by atoms with van der Waals surface area (Å²) >= 11 is 3.40. The van der Waals surface area contributed by atoms with Gasteiger partial charge in [0.2, 0.25) is 5.91 Å². The van der Waals surface area contributed by atoms with Gasteiger partial charge in [0.1, 0.15) is 5.76 Å². The first-order valence-corrected chi connectivity index (χ1v) is 7.04. The van der Waals surface area contributed by atoms with Crippen molar-refractivity contribution >= 4 is 21.8 Å². The Morgan fingerprint density at radius 2 is 2.39 bits per heavy atom. The highest BCUT2D eigenvalue weighted by molar-refractivity contribution is 9.10. The molecule has 0 aliphatic rings. The minimum absolute atomic E-state index is 0.102. The van der Waals surface area contributed by atoms with Gasteiger partial charge in [0, 0.05) is 20.3 Å². The highest BCUT2D eigenvalue weighted by Crippen LogP contribution is 2.13. The number of halogens is 1. The van der Waals surface area contributed by atoms with Crippen LogP contribution in [0.25, 0.3) is 0 Å². The first-order chi connectivity index (χ1) is 8.69. The van der Waals surface area contributed by atoms with E-state index in [0.29, 0.717) is 19.7 Å². The SMILES string of the molecule is CCC(Br)C(=O)N(CCCOC)Cc1ccco1. The standard InChI is InChI=1S/C13H20BrNO3/c1-3-12(14)13(16)15(7-5-8-17-2)10-11-6-4-9-18-11/h4,6,9,12H,3,5,7-8,10H2,1-2H3. The number of alkyl halides is 1. The molecule has 4 nitrogen and oxygen atoms in total. The minimum atomic E-state index is -0.130. The summed E-state index contributed by atoms with van der Waals surface area (Å²) in [5.74, 6) is 0.904. The van der Waals surface area contributed by atoms with Gasteiger partial charge in [-0.05, 0) is 25.0 Å². The number of carbonyl (C=O) groups excluding carboxylic acids is 1. The normalized spacial score (nSPS) is 12.4. The van der Waals surface area contributed by atoms with Crippen LogP contribution in [0.3, 0.4) is 0 Å². The monoisotopic (exact) mass is 317 g/mol. The maximum atomic E-state index is 12.2. The molecule has 0 aromatic carbocycles. The predicted octanol–water partition coefficient (Wildman–Crippen LogP) is 2.82. The van der Waals surface area contributed by atoms with Crippen LogP contribution in [-0.2, 0) is 16.1 Å². The van der Waals surface area contributed by atoms with Crippen LogP contribution in [0.5, 0.6) is 0 Å². The maximum absolute atomic E-state index is 12.2. The van der Waals surface area contributed by atoms with Gasteiger partial charge in [0.15, 0.2) is 0 Å².